The second-order valence-electron chi connectivity index (χ2n) is 9.84. The number of fused-ring (bicyclic) bond motifs is 1. The van der Waals surface area contributed by atoms with Gasteiger partial charge in [-0.2, -0.15) is 9.61 Å². The smallest absolute Gasteiger partial charge is 0.277 e. The monoisotopic (exact) mass is 504 g/mol. The minimum absolute atomic E-state index is 0.0355. The number of rotatable bonds is 4. The molecule has 0 bridgehead atoms. The van der Waals surface area contributed by atoms with Crippen LogP contribution in [0.2, 0.25) is 5.02 Å². The number of nitrogens with zero attached hydrogens (tertiary/aromatic N) is 4. The topological polar surface area (TPSA) is 69.4 Å². The Morgan fingerprint density at radius 2 is 1.86 bits per heavy atom. The van der Waals surface area contributed by atoms with Crippen molar-refractivity contribution in [3.63, 3.8) is 0 Å². The van der Waals surface area contributed by atoms with Crippen LogP contribution in [-0.4, -0.2) is 26.2 Å². The van der Waals surface area contributed by atoms with Gasteiger partial charge in [-0.05, 0) is 81.5 Å². The molecule has 2 atom stereocenters. The van der Waals surface area contributed by atoms with Crippen LogP contribution in [0.15, 0.2) is 47.4 Å². The SMILES string of the molecule is Cc1nc2c(-c3ccc(Cl)cc3F)cc([C@H]3CCO[C@@H](c4ccnc(C5CC5)c4)C3)nn2c(=O)c1C. The maximum atomic E-state index is 15.1. The summed E-state index contributed by atoms with van der Waals surface area (Å²) in [5, 5.41) is 5.05. The lowest BCUT2D eigenvalue weighted by Crippen LogP contribution is -2.25. The summed E-state index contributed by atoms with van der Waals surface area (Å²) in [6.07, 6.45) is 5.62. The van der Waals surface area contributed by atoms with Crippen LogP contribution in [0, 0.1) is 19.7 Å². The number of benzene rings is 1. The molecule has 4 aromatic rings. The predicted molar refractivity (Wildman–Crippen MR) is 136 cm³/mol. The van der Waals surface area contributed by atoms with Crippen molar-refractivity contribution in [1.82, 2.24) is 19.6 Å². The van der Waals surface area contributed by atoms with Crippen LogP contribution >= 0.6 is 11.6 Å². The Morgan fingerprint density at radius 1 is 1.03 bits per heavy atom. The second kappa shape index (κ2) is 9.05. The second-order valence-corrected chi connectivity index (χ2v) is 10.3. The van der Waals surface area contributed by atoms with E-state index >= 15 is 4.39 Å². The van der Waals surface area contributed by atoms with Gasteiger partial charge < -0.3 is 4.74 Å². The average Bonchev–Trinajstić information content (AvgIpc) is 3.73. The number of aryl methyl sites for hydroxylation is 1. The van der Waals surface area contributed by atoms with Crippen LogP contribution in [0.4, 0.5) is 4.39 Å². The van der Waals surface area contributed by atoms with Crippen molar-refractivity contribution < 1.29 is 9.13 Å². The van der Waals surface area contributed by atoms with E-state index in [2.05, 4.69) is 16.0 Å². The first-order valence-electron chi connectivity index (χ1n) is 12.3. The zero-order valence-corrected chi connectivity index (χ0v) is 20.9. The van der Waals surface area contributed by atoms with E-state index in [9.17, 15) is 4.79 Å². The van der Waals surface area contributed by atoms with Crippen LogP contribution < -0.4 is 5.56 Å². The molecular weight excluding hydrogens is 479 g/mol. The lowest BCUT2D eigenvalue weighted by molar-refractivity contribution is 0.00439. The molecule has 0 N–H and O–H groups in total. The van der Waals surface area contributed by atoms with E-state index in [4.69, 9.17) is 21.4 Å². The molecule has 2 aliphatic rings. The zero-order valence-electron chi connectivity index (χ0n) is 20.2. The average molecular weight is 505 g/mol. The molecule has 1 aromatic carbocycles. The van der Waals surface area contributed by atoms with Crippen LogP contribution in [0.3, 0.4) is 0 Å². The van der Waals surface area contributed by atoms with Gasteiger partial charge in [-0.3, -0.25) is 9.78 Å². The first-order valence-corrected chi connectivity index (χ1v) is 12.7. The van der Waals surface area contributed by atoms with Gasteiger partial charge in [0.2, 0.25) is 0 Å². The highest BCUT2D eigenvalue weighted by atomic mass is 35.5. The molecule has 6 rings (SSSR count). The lowest BCUT2D eigenvalue weighted by Gasteiger charge is -2.30. The molecular formula is C28H26ClFN4O2. The van der Waals surface area contributed by atoms with Crippen molar-refractivity contribution in [2.45, 2.75) is 57.5 Å². The molecule has 0 unspecified atom stereocenters. The molecule has 4 heterocycles. The summed E-state index contributed by atoms with van der Waals surface area (Å²) in [5.74, 6) is 0.131. The Labute approximate surface area is 213 Å². The van der Waals surface area contributed by atoms with Crippen molar-refractivity contribution in [3.8, 4) is 11.1 Å². The molecule has 1 saturated heterocycles. The Kier molecular flexibility index (Phi) is 5.85. The van der Waals surface area contributed by atoms with Gasteiger partial charge in [0.05, 0.1) is 11.8 Å². The predicted octanol–water partition coefficient (Wildman–Crippen LogP) is 6.07. The van der Waals surface area contributed by atoms with E-state index in [1.807, 2.05) is 18.3 Å². The fraction of sp³-hybridized carbons (Fsp3) is 0.357. The van der Waals surface area contributed by atoms with Crippen LogP contribution in [-0.2, 0) is 4.74 Å². The van der Waals surface area contributed by atoms with Crippen molar-refractivity contribution >= 4 is 17.2 Å². The van der Waals surface area contributed by atoms with E-state index in [1.54, 1.807) is 26.0 Å². The van der Waals surface area contributed by atoms with Gasteiger partial charge in [-0.25, -0.2) is 9.37 Å². The third-order valence-electron chi connectivity index (χ3n) is 7.37. The van der Waals surface area contributed by atoms with E-state index in [1.165, 1.54) is 23.4 Å². The van der Waals surface area contributed by atoms with E-state index < -0.39 is 5.82 Å². The molecule has 0 spiro atoms. The molecule has 8 heteroatoms. The number of ether oxygens (including phenoxy) is 1. The van der Waals surface area contributed by atoms with Gasteiger partial charge in [0, 0.05) is 57.7 Å². The Balaban J connectivity index is 1.45. The van der Waals surface area contributed by atoms with Gasteiger partial charge in [-0.1, -0.05) is 11.6 Å². The molecule has 1 aliphatic carbocycles. The normalized spacial score (nSPS) is 20.1. The van der Waals surface area contributed by atoms with Crippen molar-refractivity contribution in [2.75, 3.05) is 6.61 Å². The molecule has 0 amide bonds. The molecule has 184 valence electrons. The minimum Gasteiger partial charge on any atom is -0.373 e. The summed E-state index contributed by atoms with van der Waals surface area (Å²) < 4.78 is 22.5. The highest BCUT2D eigenvalue weighted by Crippen LogP contribution is 2.42. The summed E-state index contributed by atoms with van der Waals surface area (Å²) in [6, 6.07) is 10.6. The maximum absolute atomic E-state index is 15.1. The number of halogens is 2. The van der Waals surface area contributed by atoms with Gasteiger partial charge >= 0.3 is 0 Å². The first-order chi connectivity index (χ1) is 17.4. The summed E-state index contributed by atoms with van der Waals surface area (Å²) in [6.45, 7) is 4.08. The number of hydrogen-bond acceptors (Lipinski definition) is 5. The van der Waals surface area contributed by atoms with E-state index in [0.717, 1.165) is 23.4 Å². The summed E-state index contributed by atoms with van der Waals surface area (Å²) >= 11 is 6.01. The molecule has 3 aromatic heterocycles. The molecule has 36 heavy (non-hydrogen) atoms. The number of aromatic nitrogens is 4. The van der Waals surface area contributed by atoms with Gasteiger partial charge in [-0.15, -0.1) is 0 Å². The Hall–Kier alpha value is -3.16. The zero-order chi connectivity index (χ0) is 25.0. The van der Waals surface area contributed by atoms with Crippen LogP contribution in [0.1, 0.15) is 71.8 Å². The van der Waals surface area contributed by atoms with Gasteiger partial charge in [0.15, 0.2) is 5.65 Å². The third-order valence-corrected chi connectivity index (χ3v) is 7.61. The first kappa shape index (κ1) is 23.3. The minimum atomic E-state index is -0.469. The summed E-state index contributed by atoms with van der Waals surface area (Å²) in [4.78, 5) is 22.4. The summed E-state index contributed by atoms with van der Waals surface area (Å²) in [5.41, 5.74) is 5.04. The highest BCUT2D eigenvalue weighted by molar-refractivity contribution is 6.30. The number of hydrogen-bond donors (Lipinski definition) is 0. The van der Waals surface area contributed by atoms with Gasteiger partial charge in [0.1, 0.15) is 5.82 Å². The lowest BCUT2D eigenvalue weighted by atomic mass is 9.88. The van der Waals surface area contributed by atoms with Crippen LogP contribution in [0.25, 0.3) is 16.8 Å². The Bertz CT molecular complexity index is 1550. The summed E-state index contributed by atoms with van der Waals surface area (Å²) in [7, 11) is 0. The molecule has 6 nitrogen and oxygen atoms in total. The van der Waals surface area contributed by atoms with Gasteiger partial charge in [0.25, 0.3) is 5.56 Å². The fourth-order valence-electron chi connectivity index (χ4n) is 5.00. The maximum Gasteiger partial charge on any atom is 0.277 e. The fourth-order valence-corrected chi connectivity index (χ4v) is 5.15. The standard InChI is InChI=1S/C28H26ClFN4O2/c1-15-16(2)32-27-22(21-6-5-20(29)13-23(21)30)14-25(33-34(27)28(15)35)18-8-10-36-26(12-18)19-7-9-31-24(11-19)17-3-4-17/h5-7,9,11,13-14,17-18,26H,3-4,8,10,12H2,1-2H3/t18-,26+/m0/s1. The molecule has 1 saturated carbocycles. The van der Waals surface area contributed by atoms with Crippen molar-refractivity contribution in [2.24, 2.45) is 0 Å². The highest BCUT2D eigenvalue weighted by Gasteiger charge is 2.30. The molecule has 1 aliphatic heterocycles. The Morgan fingerprint density at radius 3 is 2.64 bits per heavy atom. The quantitative estimate of drug-likeness (QED) is 0.337. The van der Waals surface area contributed by atoms with Crippen molar-refractivity contribution in [1.29, 1.82) is 0 Å². The van der Waals surface area contributed by atoms with Crippen LogP contribution in [0.5, 0.6) is 0 Å². The molecule has 0 radical (unpaired) electrons. The third kappa shape index (κ3) is 4.20. The van der Waals surface area contributed by atoms with E-state index in [-0.39, 0.29) is 17.6 Å². The molecule has 2 fully saturated rings. The largest absolute Gasteiger partial charge is 0.373 e. The van der Waals surface area contributed by atoms with Crippen molar-refractivity contribution in [3.05, 3.63) is 92.0 Å². The van der Waals surface area contributed by atoms with E-state index in [0.29, 0.717) is 52.0 Å². The number of pyridine rings is 1.